The molecule has 1 fully saturated rings. The first-order chi connectivity index (χ1) is 5.22. The van der Waals surface area contributed by atoms with Crippen LogP contribution in [0.4, 0.5) is 0 Å². The second-order valence-corrected chi connectivity index (χ2v) is 3.58. The van der Waals surface area contributed by atoms with Crippen LogP contribution >= 0.6 is 0 Å². The van der Waals surface area contributed by atoms with Crippen molar-refractivity contribution in [3.63, 3.8) is 0 Å². The molecule has 2 aliphatic heterocycles. The van der Waals surface area contributed by atoms with E-state index in [1.54, 1.807) is 0 Å². The molecule has 2 rings (SSSR count). The molecule has 1 N–H and O–H groups in total. The summed E-state index contributed by atoms with van der Waals surface area (Å²) in [7, 11) is 0. The van der Waals surface area contributed by atoms with E-state index in [9.17, 15) is 5.11 Å². The van der Waals surface area contributed by atoms with E-state index in [-0.39, 0.29) is 12.2 Å². The molecular weight excluding hydrogens is 140 g/mol. The Kier molecular flexibility index (Phi) is 1.55. The zero-order chi connectivity index (χ0) is 7.90. The van der Waals surface area contributed by atoms with Gasteiger partial charge in [-0.3, -0.25) is 0 Å². The molecule has 2 bridgehead atoms. The molecular formula is C9H14O2. The minimum absolute atomic E-state index is 0.179. The number of hydrogen-bond acceptors (Lipinski definition) is 2. The number of rotatable bonds is 1. The van der Waals surface area contributed by atoms with E-state index in [1.165, 1.54) is 0 Å². The Labute approximate surface area is 66.9 Å². The monoisotopic (exact) mass is 154 g/mol. The maximum Gasteiger partial charge on any atom is 0.0792 e. The Balaban J connectivity index is 2.11. The summed E-state index contributed by atoms with van der Waals surface area (Å²) in [6.07, 6.45) is 6.88. The van der Waals surface area contributed by atoms with Gasteiger partial charge in [-0.25, -0.2) is 0 Å². The maximum atomic E-state index is 9.94. The molecule has 11 heavy (non-hydrogen) atoms. The Bertz CT molecular complexity index is 172. The molecule has 2 aliphatic rings. The van der Waals surface area contributed by atoms with Gasteiger partial charge in [0.1, 0.15) is 0 Å². The maximum absolute atomic E-state index is 9.94. The van der Waals surface area contributed by atoms with Gasteiger partial charge < -0.3 is 9.84 Å². The molecule has 0 amide bonds. The summed E-state index contributed by atoms with van der Waals surface area (Å²) in [4.78, 5) is 0. The van der Waals surface area contributed by atoms with Crippen LogP contribution < -0.4 is 0 Å². The molecule has 2 atom stereocenters. The van der Waals surface area contributed by atoms with Crippen LogP contribution in [0.15, 0.2) is 12.2 Å². The highest BCUT2D eigenvalue weighted by atomic mass is 16.5. The Morgan fingerprint density at radius 1 is 1.45 bits per heavy atom. The smallest absolute Gasteiger partial charge is 0.0792 e. The van der Waals surface area contributed by atoms with E-state index < -0.39 is 5.60 Å². The first kappa shape index (κ1) is 7.32. The second-order valence-electron chi connectivity index (χ2n) is 3.58. The van der Waals surface area contributed by atoms with E-state index in [0.29, 0.717) is 0 Å². The van der Waals surface area contributed by atoms with Crippen molar-refractivity contribution in [1.82, 2.24) is 0 Å². The lowest BCUT2D eigenvalue weighted by molar-refractivity contribution is -0.104. The van der Waals surface area contributed by atoms with Crippen molar-refractivity contribution in [2.24, 2.45) is 0 Å². The van der Waals surface area contributed by atoms with Gasteiger partial charge in [-0.1, -0.05) is 19.1 Å². The normalized spacial score (nSPS) is 48.2. The van der Waals surface area contributed by atoms with Gasteiger partial charge in [-0.2, -0.15) is 0 Å². The van der Waals surface area contributed by atoms with E-state index in [1.807, 2.05) is 6.92 Å². The summed E-state index contributed by atoms with van der Waals surface area (Å²) in [5, 5.41) is 9.94. The molecule has 0 radical (unpaired) electrons. The summed E-state index contributed by atoms with van der Waals surface area (Å²) in [6.45, 7) is 2.03. The molecule has 0 spiro atoms. The topological polar surface area (TPSA) is 29.5 Å². The minimum Gasteiger partial charge on any atom is -0.390 e. The zero-order valence-electron chi connectivity index (χ0n) is 6.79. The van der Waals surface area contributed by atoms with Gasteiger partial charge in [0.05, 0.1) is 17.8 Å². The van der Waals surface area contributed by atoms with Gasteiger partial charge in [-0.15, -0.1) is 0 Å². The van der Waals surface area contributed by atoms with E-state index >= 15 is 0 Å². The second kappa shape index (κ2) is 2.32. The molecule has 2 nitrogen and oxygen atoms in total. The van der Waals surface area contributed by atoms with Gasteiger partial charge >= 0.3 is 0 Å². The van der Waals surface area contributed by atoms with Crippen molar-refractivity contribution in [2.45, 2.75) is 44.0 Å². The summed E-state index contributed by atoms with van der Waals surface area (Å²) >= 11 is 0. The highest BCUT2D eigenvalue weighted by Crippen LogP contribution is 2.35. The number of fused-ring (bicyclic) bond motifs is 2. The number of aliphatic hydroxyl groups is 1. The Morgan fingerprint density at radius 3 is 2.45 bits per heavy atom. The lowest BCUT2D eigenvalue weighted by atomic mass is 9.87. The summed E-state index contributed by atoms with van der Waals surface area (Å²) in [5.41, 5.74) is -0.461. The number of hydrogen-bond donors (Lipinski definition) is 1. The van der Waals surface area contributed by atoms with Crippen molar-refractivity contribution < 1.29 is 9.84 Å². The first-order valence-corrected chi connectivity index (χ1v) is 4.28. The van der Waals surface area contributed by atoms with Gasteiger partial charge in [0.2, 0.25) is 0 Å². The third-order valence-corrected chi connectivity index (χ3v) is 2.71. The molecule has 2 heteroatoms. The third kappa shape index (κ3) is 1.21. The lowest BCUT2D eigenvalue weighted by Gasteiger charge is -2.35. The van der Waals surface area contributed by atoms with Crippen molar-refractivity contribution >= 4 is 0 Å². The van der Waals surface area contributed by atoms with Crippen molar-refractivity contribution in [1.29, 1.82) is 0 Å². The Hall–Kier alpha value is -0.340. The highest BCUT2D eigenvalue weighted by molar-refractivity contribution is 5.10. The van der Waals surface area contributed by atoms with Crippen LogP contribution in [0.1, 0.15) is 26.2 Å². The van der Waals surface area contributed by atoms with Crippen molar-refractivity contribution in [2.75, 3.05) is 0 Å². The third-order valence-electron chi connectivity index (χ3n) is 2.71. The minimum atomic E-state index is -0.461. The SMILES string of the molecule is CCC1(O)CC2C=CC(C1)O2. The molecule has 1 saturated heterocycles. The molecule has 0 saturated carbocycles. The molecule has 0 aromatic carbocycles. The Morgan fingerprint density at radius 2 is 2.00 bits per heavy atom. The standard InChI is InChI=1S/C9H14O2/c1-2-9(10)5-7-3-4-8(6-9)11-7/h3-4,7-8,10H,2,5-6H2,1H3. The van der Waals surface area contributed by atoms with Crippen LogP contribution in [0.3, 0.4) is 0 Å². The summed E-state index contributed by atoms with van der Waals surface area (Å²) in [5.74, 6) is 0. The largest absolute Gasteiger partial charge is 0.390 e. The van der Waals surface area contributed by atoms with Crippen LogP contribution in [0.25, 0.3) is 0 Å². The summed E-state index contributed by atoms with van der Waals surface area (Å²) < 4.78 is 5.52. The average molecular weight is 154 g/mol. The molecule has 2 heterocycles. The fourth-order valence-corrected chi connectivity index (χ4v) is 1.92. The van der Waals surface area contributed by atoms with E-state index in [0.717, 1.165) is 19.3 Å². The van der Waals surface area contributed by atoms with Crippen LogP contribution in [0, 0.1) is 0 Å². The average Bonchev–Trinajstić information content (AvgIpc) is 2.31. The molecule has 0 aromatic rings. The fourth-order valence-electron chi connectivity index (χ4n) is 1.92. The van der Waals surface area contributed by atoms with Gasteiger partial charge in [0, 0.05) is 12.8 Å². The molecule has 2 unspecified atom stereocenters. The molecule has 62 valence electrons. The van der Waals surface area contributed by atoms with Gasteiger partial charge in [0.15, 0.2) is 0 Å². The lowest BCUT2D eigenvalue weighted by Crippen LogP contribution is -2.40. The van der Waals surface area contributed by atoms with Crippen LogP contribution in [0.5, 0.6) is 0 Å². The van der Waals surface area contributed by atoms with Crippen LogP contribution in [0.2, 0.25) is 0 Å². The fraction of sp³-hybridized carbons (Fsp3) is 0.778. The first-order valence-electron chi connectivity index (χ1n) is 4.28. The van der Waals surface area contributed by atoms with Gasteiger partial charge in [0.25, 0.3) is 0 Å². The predicted molar refractivity (Wildman–Crippen MR) is 42.3 cm³/mol. The van der Waals surface area contributed by atoms with E-state index in [4.69, 9.17) is 4.74 Å². The van der Waals surface area contributed by atoms with Crippen molar-refractivity contribution in [3.05, 3.63) is 12.2 Å². The van der Waals surface area contributed by atoms with E-state index in [2.05, 4.69) is 12.2 Å². The molecule has 0 aromatic heterocycles. The quantitative estimate of drug-likeness (QED) is 0.576. The van der Waals surface area contributed by atoms with Gasteiger partial charge in [-0.05, 0) is 6.42 Å². The van der Waals surface area contributed by atoms with Crippen LogP contribution in [-0.2, 0) is 4.74 Å². The summed E-state index contributed by atoms with van der Waals surface area (Å²) in [6, 6.07) is 0. The van der Waals surface area contributed by atoms with Crippen LogP contribution in [-0.4, -0.2) is 22.9 Å². The van der Waals surface area contributed by atoms with Crippen molar-refractivity contribution in [3.8, 4) is 0 Å². The number of ether oxygens (including phenoxy) is 1. The molecule has 0 aliphatic carbocycles. The zero-order valence-corrected chi connectivity index (χ0v) is 6.79. The highest BCUT2D eigenvalue weighted by Gasteiger charge is 2.39. The predicted octanol–water partition coefficient (Wildman–Crippen LogP) is 1.24.